The molecule has 0 unspecified atom stereocenters. The molecule has 5 nitrogen and oxygen atoms in total. The van der Waals surface area contributed by atoms with Gasteiger partial charge in [-0.2, -0.15) is 5.10 Å². The van der Waals surface area contributed by atoms with Gasteiger partial charge in [0.15, 0.2) is 0 Å². The molecule has 0 atom stereocenters. The molecule has 0 aliphatic heterocycles. The fourth-order valence-corrected chi connectivity index (χ4v) is 2.66. The number of rotatable bonds is 2. The quantitative estimate of drug-likeness (QED) is 0.659. The SMILES string of the molecule is Cc1ccc(NC(=O)C(=O)N/N=C2/CCc3ccccc3C2)cc1. The van der Waals surface area contributed by atoms with Gasteiger partial charge in [0, 0.05) is 17.8 Å². The summed E-state index contributed by atoms with van der Waals surface area (Å²) in [5.74, 6) is -1.48. The number of carbonyl (C=O) groups is 2. The predicted molar refractivity (Wildman–Crippen MR) is 93.9 cm³/mol. The molecule has 0 radical (unpaired) electrons. The van der Waals surface area contributed by atoms with E-state index >= 15 is 0 Å². The number of hydrogen-bond donors (Lipinski definition) is 2. The number of carbonyl (C=O) groups excluding carboxylic acids is 2. The van der Waals surface area contributed by atoms with Gasteiger partial charge in [0.05, 0.1) is 0 Å². The van der Waals surface area contributed by atoms with Gasteiger partial charge in [-0.1, -0.05) is 42.0 Å². The van der Waals surface area contributed by atoms with Crippen LogP contribution in [0.2, 0.25) is 0 Å². The fourth-order valence-electron chi connectivity index (χ4n) is 2.66. The van der Waals surface area contributed by atoms with E-state index in [9.17, 15) is 9.59 Å². The summed E-state index contributed by atoms with van der Waals surface area (Å²) < 4.78 is 0. The largest absolute Gasteiger partial charge is 0.329 e. The van der Waals surface area contributed by atoms with Crippen molar-refractivity contribution >= 4 is 23.2 Å². The van der Waals surface area contributed by atoms with Gasteiger partial charge in [-0.25, -0.2) is 5.43 Å². The maximum absolute atomic E-state index is 11.9. The van der Waals surface area contributed by atoms with E-state index in [2.05, 4.69) is 28.0 Å². The second-order valence-electron chi connectivity index (χ2n) is 5.88. The number of nitrogens with zero attached hydrogens (tertiary/aromatic N) is 1. The Bertz CT molecular complexity index is 795. The number of hydrogen-bond acceptors (Lipinski definition) is 3. The van der Waals surface area contributed by atoms with Gasteiger partial charge in [-0.15, -0.1) is 0 Å². The Hall–Kier alpha value is -2.95. The predicted octanol–water partition coefficient (Wildman–Crippen LogP) is 2.59. The number of hydrazone groups is 1. The topological polar surface area (TPSA) is 70.6 Å². The molecule has 0 spiro atoms. The minimum atomic E-state index is -0.762. The van der Waals surface area contributed by atoms with Crippen LogP contribution in [0.3, 0.4) is 0 Å². The molecule has 0 saturated carbocycles. The molecule has 24 heavy (non-hydrogen) atoms. The van der Waals surface area contributed by atoms with E-state index in [0.717, 1.165) is 24.1 Å². The van der Waals surface area contributed by atoms with Gasteiger partial charge < -0.3 is 5.32 Å². The molecule has 1 aliphatic carbocycles. The lowest BCUT2D eigenvalue weighted by Crippen LogP contribution is -2.33. The molecule has 1 aliphatic rings. The molecule has 0 aromatic heterocycles. The Balaban J connectivity index is 1.57. The number of amides is 2. The lowest BCUT2D eigenvalue weighted by Gasteiger charge is -2.17. The second-order valence-corrected chi connectivity index (χ2v) is 5.88. The third kappa shape index (κ3) is 3.87. The van der Waals surface area contributed by atoms with Gasteiger partial charge in [0.2, 0.25) is 0 Å². The minimum Gasteiger partial charge on any atom is -0.318 e. The third-order valence-electron chi connectivity index (χ3n) is 4.03. The first kappa shape index (κ1) is 15.9. The Morgan fingerprint density at radius 1 is 0.917 bits per heavy atom. The molecule has 0 bridgehead atoms. The van der Waals surface area contributed by atoms with Crippen LogP contribution < -0.4 is 10.7 Å². The molecular formula is C19H19N3O2. The van der Waals surface area contributed by atoms with E-state index in [1.165, 1.54) is 11.1 Å². The number of anilines is 1. The number of benzene rings is 2. The Morgan fingerprint density at radius 2 is 1.62 bits per heavy atom. The molecule has 2 aromatic rings. The van der Waals surface area contributed by atoms with Crippen molar-refractivity contribution in [3.63, 3.8) is 0 Å². The third-order valence-corrected chi connectivity index (χ3v) is 4.03. The summed E-state index contributed by atoms with van der Waals surface area (Å²) in [7, 11) is 0. The van der Waals surface area contributed by atoms with Crippen molar-refractivity contribution < 1.29 is 9.59 Å². The van der Waals surface area contributed by atoms with Gasteiger partial charge in [-0.3, -0.25) is 9.59 Å². The van der Waals surface area contributed by atoms with E-state index in [1.807, 2.05) is 31.2 Å². The fraction of sp³-hybridized carbons (Fsp3) is 0.211. The number of aryl methyl sites for hydroxylation is 2. The highest BCUT2D eigenvalue weighted by Gasteiger charge is 2.16. The molecule has 0 saturated heterocycles. The highest BCUT2D eigenvalue weighted by molar-refractivity contribution is 6.39. The van der Waals surface area contributed by atoms with Crippen LogP contribution in [0.4, 0.5) is 5.69 Å². The zero-order valence-corrected chi connectivity index (χ0v) is 13.5. The molecule has 122 valence electrons. The maximum Gasteiger partial charge on any atom is 0.329 e. The van der Waals surface area contributed by atoms with Crippen LogP contribution in [0.1, 0.15) is 23.1 Å². The molecule has 5 heteroatoms. The lowest BCUT2D eigenvalue weighted by atomic mass is 9.90. The molecule has 2 N–H and O–H groups in total. The van der Waals surface area contributed by atoms with Crippen LogP contribution in [0.25, 0.3) is 0 Å². The first-order valence-corrected chi connectivity index (χ1v) is 7.92. The van der Waals surface area contributed by atoms with Gasteiger partial charge in [0.25, 0.3) is 0 Å². The van der Waals surface area contributed by atoms with Gasteiger partial charge in [-0.05, 0) is 43.0 Å². The van der Waals surface area contributed by atoms with E-state index < -0.39 is 11.8 Å². The van der Waals surface area contributed by atoms with Crippen molar-refractivity contribution in [2.45, 2.75) is 26.2 Å². The second kappa shape index (κ2) is 7.08. The normalized spacial score (nSPS) is 14.8. The molecular weight excluding hydrogens is 302 g/mol. The summed E-state index contributed by atoms with van der Waals surface area (Å²) in [5, 5.41) is 6.67. The summed E-state index contributed by atoms with van der Waals surface area (Å²) in [4.78, 5) is 23.7. The Kier molecular flexibility index (Phi) is 4.70. The molecule has 2 amide bonds. The average Bonchev–Trinajstić information content (AvgIpc) is 2.61. The van der Waals surface area contributed by atoms with E-state index in [1.54, 1.807) is 12.1 Å². The van der Waals surface area contributed by atoms with Crippen LogP contribution >= 0.6 is 0 Å². The number of nitrogens with one attached hydrogen (secondary N) is 2. The van der Waals surface area contributed by atoms with Gasteiger partial charge >= 0.3 is 11.8 Å². The maximum atomic E-state index is 11.9. The van der Waals surface area contributed by atoms with Crippen molar-refractivity contribution in [1.82, 2.24) is 5.43 Å². The first-order chi connectivity index (χ1) is 11.6. The van der Waals surface area contributed by atoms with E-state index in [-0.39, 0.29) is 0 Å². The summed E-state index contributed by atoms with van der Waals surface area (Å²) in [5.41, 5.74) is 7.44. The van der Waals surface area contributed by atoms with Crippen molar-refractivity contribution in [3.8, 4) is 0 Å². The van der Waals surface area contributed by atoms with Crippen LogP contribution in [0.5, 0.6) is 0 Å². The van der Waals surface area contributed by atoms with Crippen LogP contribution in [0.15, 0.2) is 53.6 Å². The first-order valence-electron chi connectivity index (χ1n) is 7.92. The lowest BCUT2D eigenvalue weighted by molar-refractivity contribution is -0.136. The standard InChI is InChI=1S/C19H19N3O2/c1-13-6-9-16(10-7-13)20-18(23)19(24)22-21-17-11-8-14-4-2-3-5-15(14)12-17/h2-7,9-10H,8,11-12H2,1H3,(H,20,23)(H,22,24)/b21-17-. The Labute approximate surface area is 140 Å². The van der Waals surface area contributed by atoms with E-state index in [0.29, 0.717) is 12.1 Å². The summed E-state index contributed by atoms with van der Waals surface area (Å²) in [6.07, 6.45) is 2.40. The average molecular weight is 321 g/mol. The molecule has 0 heterocycles. The van der Waals surface area contributed by atoms with Crippen molar-refractivity contribution in [1.29, 1.82) is 0 Å². The highest BCUT2D eigenvalue weighted by Crippen LogP contribution is 2.18. The summed E-state index contributed by atoms with van der Waals surface area (Å²) in [6.45, 7) is 1.96. The molecule has 2 aromatic carbocycles. The zero-order valence-electron chi connectivity index (χ0n) is 13.5. The van der Waals surface area contributed by atoms with E-state index in [4.69, 9.17) is 0 Å². The smallest absolute Gasteiger partial charge is 0.318 e. The highest BCUT2D eigenvalue weighted by atomic mass is 16.2. The summed E-state index contributed by atoms with van der Waals surface area (Å²) in [6, 6.07) is 15.4. The Morgan fingerprint density at radius 3 is 2.38 bits per heavy atom. The molecule has 0 fully saturated rings. The monoisotopic (exact) mass is 321 g/mol. The van der Waals surface area contributed by atoms with Gasteiger partial charge in [0.1, 0.15) is 0 Å². The van der Waals surface area contributed by atoms with Crippen LogP contribution in [-0.2, 0) is 22.4 Å². The van der Waals surface area contributed by atoms with Crippen molar-refractivity contribution in [3.05, 3.63) is 65.2 Å². The summed E-state index contributed by atoms with van der Waals surface area (Å²) >= 11 is 0. The van der Waals surface area contributed by atoms with Crippen LogP contribution in [0, 0.1) is 6.92 Å². The van der Waals surface area contributed by atoms with Crippen molar-refractivity contribution in [2.75, 3.05) is 5.32 Å². The van der Waals surface area contributed by atoms with Crippen LogP contribution in [-0.4, -0.2) is 17.5 Å². The minimum absolute atomic E-state index is 0.583. The zero-order chi connectivity index (χ0) is 16.9. The van der Waals surface area contributed by atoms with Crippen molar-refractivity contribution in [2.24, 2.45) is 5.10 Å². The molecule has 3 rings (SSSR count). The number of fused-ring (bicyclic) bond motifs is 1.